The Hall–Kier alpha value is -1.36. The van der Waals surface area contributed by atoms with Crippen molar-refractivity contribution >= 4 is 5.69 Å². The molecule has 1 aromatic heterocycles. The van der Waals surface area contributed by atoms with Crippen molar-refractivity contribution in [1.29, 1.82) is 0 Å². The average Bonchev–Trinajstić information content (AvgIpc) is 3.14. The maximum absolute atomic E-state index is 11.8. The summed E-state index contributed by atoms with van der Waals surface area (Å²) in [6.07, 6.45) is 3.36. The maximum atomic E-state index is 11.8. The van der Waals surface area contributed by atoms with E-state index in [-0.39, 0.29) is 5.56 Å². The van der Waals surface area contributed by atoms with E-state index in [1.165, 1.54) is 4.68 Å². The predicted octanol–water partition coefficient (Wildman–Crippen LogP) is 0.470. The largest absolute Gasteiger partial charge is 0.391 e. The first-order valence-electron chi connectivity index (χ1n) is 6.08. The molecule has 2 rings (SSSR count). The third kappa shape index (κ3) is 2.85. The summed E-state index contributed by atoms with van der Waals surface area (Å²) in [5.41, 5.74) is 0.664. The van der Waals surface area contributed by atoms with E-state index in [9.17, 15) is 9.90 Å². The Morgan fingerprint density at radius 2 is 2.35 bits per heavy atom. The first-order chi connectivity index (χ1) is 8.11. The molecule has 0 bridgehead atoms. The molecule has 1 heterocycles. The van der Waals surface area contributed by atoms with E-state index in [4.69, 9.17) is 0 Å². The molecule has 5 nitrogen and oxygen atoms in total. The van der Waals surface area contributed by atoms with Gasteiger partial charge in [0.15, 0.2) is 0 Å². The van der Waals surface area contributed by atoms with Crippen molar-refractivity contribution in [3.63, 3.8) is 0 Å². The van der Waals surface area contributed by atoms with Crippen LogP contribution in [0.25, 0.3) is 0 Å². The summed E-state index contributed by atoms with van der Waals surface area (Å²) < 4.78 is 1.34. The van der Waals surface area contributed by atoms with Gasteiger partial charge in [-0.2, -0.15) is 5.10 Å². The van der Waals surface area contributed by atoms with Gasteiger partial charge in [-0.1, -0.05) is 0 Å². The lowest BCUT2D eigenvalue weighted by molar-refractivity contribution is 0.125. The molecule has 1 aliphatic rings. The molecule has 1 aromatic rings. The second-order valence-corrected chi connectivity index (χ2v) is 4.65. The van der Waals surface area contributed by atoms with E-state index in [0.717, 1.165) is 25.1 Å². The summed E-state index contributed by atoms with van der Waals surface area (Å²) >= 11 is 0. The topological polar surface area (TPSA) is 58.4 Å². The Morgan fingerprint density at radius 1 is 1.65 bits per heavy atom. The summed E-state index contributed by atoms with van der Waals surface area (Å²) in [7, 11) is 1.92. The Balaban J connectivity index is 2.11. The smallest absolute Gasteiger partial charge is 0.268 e. The van der Waals surface area contributed by atoms with Gasteiger partial charge in [0.1, 0.15) is 0 Å². The van der Waals surface area contributed by atoms with E-state index in [2.05, 4.69) is 5.10 Å². The first kappa shape index (κ1) is 12.1. The highest BCUT2D eigenvalue weighted by atomic mass is 16.3. The van der Waals surface area contributed by atoms with E-state index >= 15 is 0 Å². The number of rotatable bonds is 5. The monoisotopic (exact) mass is 237 g/mol. The molecule has 17 heavy (non-hydrogen) atoms. The fraction of sp³-hybridized carbons (Fsp3) is 0.667. The SMILES string of the molecule is CCN(C)c1cnn(CC(O)C2CC2)c(=O)c1. The van der Waals surface area contributed by atoms with Gasteiger partial charge < -0.3 is 10.0 Å². The van der Waals surface area contributed by atoms with Gasteiger partial charge in [0.25, 0.3) is 5.56 Å². The minimum Gasteiger partial charge on any atom is -0.391 e. The van der Waals surface area contributed by atoms with Crippen LogP contribution in [0.3, 0.4) is 0 Å². The van der Waals surface area contributed by atoms with Gasteiger partial charge in [0.2, 0.25) is 0 Å². The van der Waals surface area contributed by atoms with Crippen LogP contribution in [-0.2, 0) is 6.54 Å². The molecule has 0 radical (unpaired) electrons. The van der Waals surface area contributed by atoms with Crippen LogP contribution in [0, 0.1) is 5.92 Å². The van der Waals surface area contributed by atoms with E-state index in [1.54, 1.807) is 12.3 Å². The molecule has 1 unspecified atom stereocenters. The zero-order chi connectivity index (χ0) is 12.4. The number of hydrogen-bond acceptors (Lipinski definition) is 4. The quantitative estimate of drug-likeness (QED) is 0.809. The molecular weight excluding hydrogens is 218 g/mol. The van der Waals surface area contributed by atoms with E-state index in [1.807, 2.05) is 18.9 Å². The Labute approximate surface area is 101 Å². The fourth-order valence-electron chi connectivity index (χ4n) is 1.76. The van der Waals surface area contributed by atoms with Crippen LogP contribution >= 0.6 is 0 Å². The Morgan fingerprint density at radius 3 is 2.88 bits per heavy atom. The van der Waals surface area contributed by atoms with Gasteiger partial charge in [-0.3, -0.25) is 4.79 Å². The number of aliphatic hydroxyl groups excluding tert-OH is 1. The molecule has 0 spiro atoms. The number of aromatic nitrogens is 2. The lowest BCUT2D eigenvalue weighted by atomic mass is 10.2. The molecule has 1 atom stereocenters. The Bertz CT molecular complexity index is 440. The van der Waals surface area contributed by atoms with Gasteiger partial charge in [-0.15, -0.1) is 0 Å². The van der Waals surface area contributed by atoms with Crippen molar-refractivity contribution in [2.45, 2.75) is 32.4 Å². The van der Waals surface area contributed by atoms with Crippen LogP contribution in [-0.4, -0.2) is 34.6 Å². The average molecular weight is 237 g/mol. The lowest BCUT2D eigenvalue weighted by Gasteiger charge is -2.17. The van der Waals surface area contributed by atoms with Crippen LogP contribution < -0.4 is 10.5 Å². The molecule has 0 aromatic carbocycles. The van der Waals surface area contributed by atoms with E-state index < -0.39 is 6.10 Å². The standard InChI is InChI=1S/C12H19N3O2/c1-3-14(2)10-6-12(17)15(13-7-10)8-11(16)9-4-5-9/h6-7,9,11,16H,3-5,8H2,1-2H3. The molecule has 0 amide bonds. The summed E-state index contributed by atoms with van der Waals surface area (Å²) in [6, 6.07) is 1.57. The third-order valence-electron chi connectivity index (χ3n) is 3.30. The lowest BCUT2D eigenvalue weighted by Crippen LogP contribution is -2.30. The first-order valence-corrected chi connectivity index (χ1v) is 6.08. The van der Waals surface area contributed by atoms with Gasteiger partial charge >= 0.3 is 0 Å². The van der Waals surface area contributed by atoms with Crippen LogP contribution in [0.1, 0.15) is 19.8 Å². The molecule has 1 saturated carbocycles. The van der Waals surface area contributed by atoms with Crippen LogP contribution in [0.5, 0.6) is 0 Å². The fourth-order valence-corrected chi connectivity index (χ4v) is 1.76. The van der Waals surface area contributed by atoms with Crippen molar-refractivity contribution in [2.75, 3.05) is 18.5 Å². The van der Waals surface area contributed by atoms with Gasteiger partial charge in [-0.25, -0.2) is 4.68 Å². The zero-order valence-electron chi connectivity index (χ0n) is 10.3. The number of anilines is 1. The van der Waals surface area contributed by atoms with Gasteiger partial charge in [0, 0.05) is 19.7 Å². The van der Waals surface area contributed by atoms with Crippen molar-refractivity contribution in [3.8, 4) is 0 Å². The summed E-state index contributed by atoms with van der Waals surface area (Å²) in [4.78, 5) is 13.8. The highest BCUT2D eigenvalue weighted by Gasteiger charge is 2.30. The molecular formula is C12H19N3O2. The number of hydrogen-bond donors (Lipinski definition) is 1. The second kappa shape index (κ2) is 4.87. The molecule has 0 saturated heterocycles. The number of nitrogens with zero attached hydrogens (tertiary/aromatic N) is 3. The van der Waals surface area contributed by atoms with Crippen molar-refractivity contribution < 1.29 is 5.11 Å². The molecule has 1 fully saturated rings. The molecule has 94 valence electrons. The van der Waals surface area contributed by atoms with E-state index in [0.29, 0.717) is 12.5 Å². The molecule has 0 aliphatic heterocycles. The summed E-state index contributed by atoms with van der Waals surface area (Å²) in [5, 5.41) is 13.9. The van der Waals surface area contributed by atoms with Crippen LogP contribution in [0.2, 0.25) is 0 Å². The van der Waals surface area contributed by atoms with Gasteiger partial charge in [-0.05, 0) is 25.7 Å². The van der Waals surface area contributed by atoms with Crippen molar-refractivity contribution in [2.24, 2.45) is 5.92 Å². The number of aliphatic hydroxyl groups is 1. The minimum atomic E-state index is -0.435. The molecule has 1 N–H and O–H groups in total. The predicted molar refractivity (Wildman–Crippen MR) is 66.2 cm³/mol. The summed E-state index contributed by atoms with van der Waals surface area (Å²) in [6.45, 7) is 3.15. The van der Waals surface area contributed by atoms with Crippen molar-refractivity contribution in [3.05, 3.63) is 22.6 Å². The van der Waals surface area contributed by atoms with Crippen LogP contribution in [0.4, 0.5) is 5.69 Å². The third-order valence-corrected chi connectivity index (χ3v) is 3.30. The van der Waals surface area contributed by atoms with Crippen LogP contribution in [0.15, 0.2) is 17.1 Å². The van der Waals surface area contributed by atoms with Crippen molar-refractivity contribution in [1.82, 2.24) is 9.78 Å². The normalized spacial score (nSPS) is 16.9. The summed E-state index contributed by atoms with van der Waals surface area (Å²) in [5.74, 6) is 0.363. The Kier molecular flexibility index (Phi) is 3.47. The van der Waals surface area contributed by atoms with Gasteiger partial charge in [0.05, 0.1) is 24.5 Å². The maximum Gasteiger partial charge on any atom is 0.268 e. The minimum absolute atomic E-state index is 0.150. The highest BCUT2D eigenvalue weighted by Crippen LogP contribution is 2.32. The zero-order valence-corrected chi connectivity index (χ0v) is 10.3. The molecule has 1 aliphatic carbocycles. The highest BCUT2D eigenvalue weighted by molar-refractivity contribution is 5.41. The second-order valence-electron chi connectivity index (χ2n) is 4.65. The molecule has 5 heteroatoms.